The molecule has 0 aromatic heterocycles. The minimum Gasteiger partial charge on any atom is -0.497 e. The molecule has 9 heteroatoms. The summed E-state index contributed by atoms with van der Waals surface area (Å²) in [7, 11) is -1.97. The Kier molecular flexibility index (Phi) is 10.1. The van der Waals surface area contributed by atoms with Gasteiger partial charge in [0, 0.05) is 26.1 Å². The average Bonchev–Trinajstić information content (AvgIpc) is 2.81. The van der Waals surface area contributed by atoms with Crippen LogP contribution in [0.4, 0.5) is 5.69 Å². The van der Waals surface area contributed by atoms with Crippen LogP contribution in [0.15, 0.2) is 42.5 Å². The molecule has 0 bridgehead atoms. The Morgan fingerprint density at radius 3 is 2.46 bits per heavy atom. The Morgan fingerprint density at radius 2 is 1.83 bits per heavy atom. The lowest BCUT2D eigenvalue weighted by molar-refractivity contribution is -0.140. The highest BCUT2D eigenvalue weighted by Gasteiger charge is 2.26. The summed E-state index contributed by atoms with van der Waals surface area (Å²) in [6, 6.07) is 12.3. The number of nitrogens with one attached hydrogen (secondary N) is 1. The van der Waals surface area contributed by atoms with Gasteiger partial charge in [0.1, 0.15) is 11.8 Å². The Bertz CT molecular complexity index is 1130. The van der Waals surface area contributed by atoms with E-state index in [1.165, 1.54) is 15.5 Å². The lowest BCUT2D eigenvalue weighted by Gasteiger charge is -2.29. The van der Waals surface area contributed by atoms with E-state index in [0.29, 0.717) is 24.4 Å². The standard InChI is InChI=1S/C26H37N3O5S/c1-7-27-26(31)21(4)28(18-22-10-8-11-23(17-22)34-5)25(30)12-9-15-29(35(6,32)33)24-16-19(2)13-14-20(24)3/h8,10-11,13-14,16-17,21H,7,9,12,15,18H2,1-6H3,(H,27,31)/t21-/m0/s1. The van der Waals surface area contributed by atoms with Crippen LogP contribution in [0.25, 0.3) is 0 Å². The number of hydrogen-bond donors (Lipinski definition) is 1. The molecule has 0 fully saturated rings. The van der Waals surface area contributed by atoms with E-state index in [1.807, 2.05) is 63.2 Å². The van der Waals surface area contributed by atoms with Crippen LogP contribution in [0.3, 0.4) is 0 Å². The number of aryl methyl sites for hydroxylation is 2. The Hall–Kier alpha value is -3.07. The highest BCUT2D eigenvalue weighted by molar-refractivity contribution is 7.92. The molecule has 0 heterocycles. The number of carbonyl (C=O) groups is 2. The van der Waals surface area contributed by atoms with Crippen molar-refractivity contribution < 1.29 is 22.7 Å². The van der Waals surface area contributed by atoms with E-state index in [2.05, 4.69) is 5.32 Å². The van der Waals surface area contributed by atoms with Gasteiger partial charge in [-0.2, -0.15) is 0 Å². The molecule has 2 aromatic rings. The number of amides is 2. The number of likely N-dealkylation sites (N-methyl/N-ethyl adjacent to an activating group) is 1. The normalized spacial score (nSPS) is 12.1. The maximum absolute atomic E-state index is 13.3. The Labute approximate surface area is 209 Å². The van der Waals surface area contributed by atoms with Crippen LogP contribution in [0.1, 0.15) is 43.4 Å². The van der Waals surface area contributed by atoms with E-state index in [1.54, 1.807) is 14.0 Å². The smallest absolute Gasteiger partial charge is 0.242 e. The lowest BCUT2D eigenvalue weighted by Crippen LogP contribution is -2.47. The Balaban J connectivity index is 2.21. The number of ether oxygens (including phenoxy) is 1. The zero-order valence-corrected chi connectivity index (χ0v) is 22.3. The fraction of sp³-hybridized carbons (Fsp3) is 0.462. The monoisotopic (exact) mass is 503 g/mol. The highest BCUT2D eigenvalue weighted by atomic mass is 32.2. The van der Waals surface area contributed by atoms with E-state index in [-0.39, 0.29) is 31.3 Å². The molecule has 2 aromatic carbocycles. The van der Waals surface area contributed by atoms with Gasteiger partial charge in [-0.15, -0.1) is 0 Å². The number of sulfonamides is 1. The molecule has 8 nitrogen and oxygen atoms in total. The number of nitrogens with zero attached hydrogens (tertiary/aromatic N) is 2. The van der Waals surface area contributed by atoms with Gasteiger partial charge in [0.05, 0.1) is 19.1 Å². The molecule has 35 heavy (non-hydrogen) atoms. The lowest BCUT2D eigenvalue weighted by atomic mass is 10.1. The molecule has 2 amide bonds. The third-order valence-electron chi connectivity index (χ3n) is 5.79. The molecule has 0 saturated carbocycles. The van der Waals surface area contributed by atoms with Crippen LogP contribution in [-0.2, 0) is 26.2 Å². The zero-order valence-electron chi connectivity index (χ0n) is 21.5. The van der Waals surface area contributed by atoms with E-state index in [4.69, 9.17) is 4.74 Å². The topological polar surface area (TPSA) is 96.0 Å². The van der Waals surface area contributed by atoms with Crippen molar-refractivity contribution in [2.24, 2.45) is 0 Å². The summed E-state index contributed by atoms with van der Waals surface area (Å²) in [5.74, 6) is 0.204. The summed E-state index contributed by atoms with van der Waals surface area (Å²) >= 11 is 0. The van der Waals surface area contributed by atoms with Crippen molar-refractivity contribution in [3.05, 3.63) is 59.2 Å². The van der Waals surface area contributed by atoms with Gasteiger partial charge < -0.3 is 15.0 Å². The van der Waals surface area contributed by atoms with Crippen molar-refractivity contribution in [2.45, 2.75) is 53.1 Å². The van der Waals surface area contributed by atoms with Gasteiger partial charge in [0.15, 0.2) is 0 Å². The molecule has 1 atom stereocenters. The van der Waals surface area contributed by atoms with E-state index >= 15 is 0 Å². The predicted octanol–water partition coefficient (Wildman–Crippen LogP) is 3.41. The van der Waals surface area contributed by atoms with Gasteiger partial charge in [-0.3, -0.25) is 13.9 Å². The van der Waals surface area contributed by atoms with Crippen molar-refractivity contribution in [2.75, 3.05) is 30.8 Å². The van der Waals surface area contributed by atoms with Crippen LogP contribution in [-0.4, -0.2) is 57.6 Å². The molecule has 0 saturated heterocycles. The summed E-state index contributed by atoms with van der Waals surface area (Å²) in [4.78, 5) is 27.4. The number of hydrogen-bond acceptors (Lipinski definition) is 5. The number of benzene rings is 2. The van der Waals surface area contributed by atoms with Gasteiger partial charge in [-0.25, -0.2) is 8.42 Å². The molecule has 0 radical (unpaired) electrons. The van der Waals surface area contributed by atoms with E-state index in [0.717, 1.165) is 16.7 Å². The minimum absolute atomic E-state index is 0.102. The third kappa shape index (κ3) is 7.99. The van der Waals surface area contributed by atoms with Crippen LogP contribution in [0, 0.1) is 13.8 Å². The van der Waals surface area contributed by atoms with Crippen molar-refractivity contribution in [1.29, 1.82) is 0 Å². The van der Waals surface area contributed by atoms with Gasteiger partial charge in [-0.05, 0) is 69.0 Å². The average molecular weight is 504 g/mol. The summed E-state index contributed by atoms with van der Waals surface area (Å²) in [5, 5.41) is 2.77. The SMILES string of the molecule is CCNC(=O)[C@H](C)N(Cc1cccc(OC)c1)C(=O)CCCN(c1cc(C)ccc1C)S(C)(=O)=O. The van der Waals surface area contributed by atoms with Crippen LogP contribution in [0.2, 0.25) is 0 Å². The molecule has 0 aliphatic heterocycles. The fourth-order valence-corrected chi connectivity index (χ4v) is 4.86. The van der Waals surface area contributed by atoms with Crippen LogP contribution < -0.4 is 14.4 Å². The molecule has 192 valence electrons. The van der Waals surface area contributed by atoms with Crippen molar-refractivity contribution in [3.8, 4) is 5.75 Å². The molecule has 1 N–H and O–H groups in total. The zero-order chi connectivity index (χ0) is 26.2. The van der Waals surface area contributed by atoms with Gasteiger partial charge in [0.25, 0.3) is 0 Å². The minimum atomic E-state index is -3.54. The van der Waals surface area contributed by atoms with Crippen LogP contribution in [0.5, 0.6) is 5.75 Å². The molecule has 0 aliphatic rings. The number of anilines is 1. The van der Waals surface area contributed by atoms with Gasteiger partial charge in [-0.1, -0.05) is 24.3 Å². The molecule has 0 aliphatic carbocycles. The number of carbonyl (C=O) groups excluding carboxylic acids is 2. The number of methoxy groups -OCH3 is 1. The summed E-state index contributed by atoms with van der Waals surface area (Å²) in [6.07, 6.45) is 1.59. The first-order chi connectivity index (χ1) is 16.5. The second-order valence-electron chi connectivity index (χ2n) is 8.67. The van der Waals surface area contributed by atoms with Gasteiger partial charge >= 0.3 is 0 Å². The van der Waals surface area contributed by atoms with E-state index < -0.39 is 16.1 Å². The molecule has 0 unspecified atom stereocenters. The molecular weight excluding hydrogens is 466 g/mol. The highest BCUT2D eigenvalue weighted by Crippen LogP contribution is 2.25. The van der Waals surface area contributed by atoms with Crippen molar-refractivity contribution >= 4 is 27.5 Å². The molecule has 0 spiro atoms. The first-order valence-corrected chi connectivity index (χ1v) is 13.6. The molecule has 2 rings (SSSR count). The van der Waals surface area contributed by atoms with Crippen molar-refractivity contribution in [1.82, 2.24) is 10.2 Å². The van der Waals surface area contributed by atoms with E-state index in [9.17, 15) is 18.0 Å². The fourth-order valence-electron chi connectivity index (χ4n) is 3.84. The third-order valence-corrected chi connectivity index (χ3v) is 6.97. The second-order valence-corrected chi connectivity index (χ2v) is 10.6. The number of rotatable bonds is 12. The quantitative estimate of drug-likeness (QED) is 0.479. The first kappa shape index (κ1) is 28.2. The largest absolute Gasteiger partial charge is 0.497 e. The molecular formula is C26H37N3O5S. The summed E-state index contributed by atoms with van der Waals surface area (Å²) < 4.78 is 31.7. The summed E-state index contributed by atoms with van der Waals surface area (Å²) in [5.41, 5.74) is 3.25. The maximum atomic E-state index is 13.3. The summed E-state index contributed by atoms with van der Waals surface area (Å²) in [6.45, 7) is 8.16. The first-order valence-electron chi connectivity index (χ1n) is 11.7. The van der Waals surface area contributed by atoms with Crippen LogP contribution >= 0.6 is 0 Å². The maximum Gasteiger partial charge on any atom is 0.242 e. The van der Waals surface area contributed by atoms with Crippen molar-refractivity contribution in [3.63, 3.8) is 0 Å². The second kappa shape index (κ2) is 12.6. The predicted molar refractivity (Wildman–Crippen MR) is 139 cm³/mol. The Morgan fingerprint density at radius 1 is 1.11 bits per heavy atom. The van der Waals surface area contributed by atoms with Gasteiger partial charge in [0.2, 0.25) is 21.8 Å².